The summed E-state index contributed by atoms with van der Waals surface area (Å²) >= 11 is 0. The van der Waals surface area contributed by atoms with Crippen LogP contribution in [-0.4, -0.2) is 11.7 Å². The minimum Gasteiger partial charge on any atom is -0.345 e. The van der Waals surface area contributed by atoms with E-state index in [-0.39, 0.29) is 0 Å². The number of aliphatic hydroxyl groups is 1. The summed E-state index contributed by atoms with van der Waals surface area (Å²) in [7, 11) is -2.02. The van der Waals surface area contributed by atoms with Crippen molar-refractivity contribution in [1.82, 2.24) is 0 Å². The SMILES string of the molecule is CCO[P+](=O)C(O)c1ccc(C)cc1. The van der Waals surface area contributed by atoms with Gasteiger partial charge in [-0.2, -0.15) is 0 Å². The largest absolute Gasteiger partial charge is 0.545 e. The van der Waals surface area contributed by atoms with Gasteiger partial charge >= 0.3 is 13.9 Å². The fraction of sp³-hybridized carbons (Fsp3) is 0.400. The van der Waals surface area contributed by atoms with Crippen molar-refractivity contribution in [3.05, 3.63) is 35.4 Å². The molecule has 1 rings (SSSR count). The van der Waals surface area contributed by atoms with E-state index in [0.29, 0.717) is 12.2 Å². The van der Waals surface area contributed by atoms with Crippen molar-refractivity contribution in [1.29, 1.82) is 0 Å². The van der Waals surface area contributed by atoms with E-state index in [1.165, 1.54) is 0 Å². The molecule has 3 nitrogen and oxygen atoms in total. The smallest absolute Gasteiger partial charge is 0.345 e. The summed E-state index contributed by atoms with van der Waals surface area (Å²) in [5.74, 6) is -1.02. The van der Waals surface area contributed by atoms with Crippen LogP contribution < -0.4 is 0 Å². The fourth-order valence-corrected chi connectivity index (χ4v) is 1.87. The van der Waals surface area contributed by atoms with Gasteiger partial charge in [0.15, 0.2) is 0 Å². The molecule has 0 aromatic heterocycles. The summed E-state index contributed by atoms with van der Waals surface area (Å²) in [5.41, 5.74) is 1.73. The van der Waals surface area contributed by atoms with Crippen molar-refractivity contribution < 1.29 is 14.2 Å². The van der Waals surface area contributed by atoms with Gasteiger partial charge in [-0.15, -0.1) is 4.52 Å². The van der Waals surface area contributed by atoms with Gasteiger partial charge in [-0.3, -0.25) is 0 Å². The Morgan fingerprint density at radius 1 is 1.43 bits per heavy atom. The molecule has 0 amide bonds. The van der Waals surface area contributed by atoms with Crippen LogP contribution in [0, 0.1) is 6.92 Å². The molecule has 0 aliphatic heterocycles. The Bertz CT molecular complexity index is 308. The van der Waals surface area contributed by atoms with Crippen LogP contribution in [0.4, 0.5) is 0 Å². The molecule has 0 spiro atoms. The van der Waals surface area contributed by atoms with Gasteiger partial charge < -0.3 is 5.11 Å². The second kappa shape index (κ2) is 5.20. The Balaban J connectivity index is 2.73. The van der Waals surface area contributed by atoms with E-state index >= 15 is 0 Å². The molecule has 0 saturated carbocycles. The average molecular weight is 213 g/mol. The zero-order valence-electron chi connectivity index (χ0n) is 8.30. The molecule has 76 valence electrons. The van der Waals surface area contributed by atoms with Crippen LogP contribution in [0.2, 0.25) is 0 Å². The summed E-state index contributed by atoms with van der Waals surface area (Å²) in [6.45, 7) is 4.05. The molecule has 4 heteroatoms. The van der Waals surface area contributed by atoms with Crippen LogP contribution in [0.1, 0.15) is 23.9 Å². The first-order chi connectivity index (χ1) is 6.65. The maximum Gasteiger partial charge on any atom is 0.545 e. The Labute approximate surface area is 84.6 Å². The summed E-state index contributed by atoms with van der Waals surface area (Å²) in [5, 5.41) is 9.60. The predicted molar refractivity (Wildman–Crippen MR) is 55.4 cm³/mol. The molecule has 0 saturated heterocycles. The first kappa shape index (κ1) is 11.3. The van der Waals surface area contributed by atoms with Crippen molar-refractivity contribution in [3.63, 3.8) is 0 Å². The topological polar surface area (TPSA) is 46.5 Å². The third-order valence-corrected chi connectivity index (χ3v) is 3.04. The summed E-state index contributed by atoms with van der Waals surface area (Å²) in [6.07, 6.45) is 0. The molecule has 1 N–H and O–H groups in total. The van der Waals surface area contributed by atoms with E-state index in [1.807, 2.05) is 19.1 Å². The van der Waals surface area contributed by atoms with Gasteiger partial charge in [-0.25, -0.2) is 0 Å². The lowest BCUT2D eigenvalue weighted by Crippen LogP contribution is -1.94. The van der Waals surface area contributed by atoms with Crippen LogP contribution >= 0.6 is 8.03 Å². The van der Waals surface area contributed by atoms with Gasteiger partial charge in [0.05, 0.1) is 6.61 Å². The van der Waals surface area contributed by atoms with Gasteiger partial charge in [0, 0.05) is 5.56 Å². The number of rotatable bonds is 4. The van der Waals surface area contributed by atoms with Gasteiger partial charge in [0.1, 0.15) is 0 Å². The highest BCUT2D eigenvalue weighted by molar-refractivity contribution is 7.39. The number of benzene rings is 1. The highest BCUT2D eigenvalue weighted by Gasteiger charge is 2.31. The van der Waals surface area contributed by atoms with Crippen molar-refractivity contribution >= 4 is 8.03 Å². The third-order valence-electron chi connectivity index (χ3n) is 1.83. The standard InChI is InChI=1S/C10H14O3P/c1-3-13-14(12)10(11)9-6-4-8(2)5-7-9/h4-7,10-11H,3H2,1-2H3/q+1. The minimum absolute atomic E-state index is 0.345. The molecule has 14 heavy (non-hydrogen) atoms. The van der Waals surface area contributed by atoms with Gasteiger partial charge in [-0.05, 0) is 18.4 Å². The van der Waals surface area contributed by atoms with Gasteiger partial charge in [0.25, 0.3) is 0 Å². The van der Waals surface area contributed by atoms with Gasteiger partial charge in [0.2, 0.25) is 0 Å². The number of hydrogen-bond acceptors (Lipinski definition) is 3. The fourth-order valence-electron chi connectivity index (χ4n) is 1.06. The number of aliphatic hydroxyl groups excluding tert-OH is 1. The molecule has 0 aliphatic carbocycles. The second-order valence-corrected chi connectivity index (χ2v) is 4.31. The lowest BCUT2D eigenvalue weighted by molar-refractivity contribution is 0.225. The first-order valence-electron chi connectivity index (χ1n) is 4.49. The van der Waals surface area contributed by atoms with Crippen molar-refractivity contribution in [3.8, 4) is 0 Å². The lowest BCUT2D eigenvalue weighted by atomic mass is 10.2. The summed E-state index contributed by atoms with van der Waals surface area (Å²) in [6, 6.07) is 7.25. The monoisotopic (exact) mass is 213 g/mol. The van der Waals surface area contributed by atoms with Crippen molar-refractivity contribution in [2.75, 3.05) is 6.61 Å². The normalized spacial score (nSPS) is 13.8. The Morgan fingerprint density at radius 3 is 2.50 bits per heavy atom. The second-order valence-electron chi connectivity index (χ2n) is 2.99. The third kappa shape index (κ3) is 2.88. The van der Waals surface area contributed by atoms with E-state index in [0.717, 1.165) is 5.56 Å². The maximum absolute atomic E-state index is 11.3. The van der Waals surface area contributed by atoms with Crippen molar-refractivity contribution in [2.45, 2.75) is 19.7 Å². The molecule has 0 heterocycles. The van der Waals surface area contributed by atoms with E-state index in [1.54, 1.807) is 19.1 Å². The molecule has 0 fully saturated rings. The molecule has 2 atom stereocenters. The first-order valence-corrected chi connectivity index (χ1v) is 5.73. The molecular formula is C10H14O3P+. The summed E-state index contributed by atoms with van der Waals surface area (Å²) < 4.78 is 16.2. The molecular weight excluding hydrogens is 199 g/mol. The maximum atomic E-state index is 11.3. The Morgan fingerprint density at radius 2 is 2.00 bits per heavy atom. The van der Waals surface area contributed by atoms with Crippen LogP contribution in [0.15, 0.2) is 24.3 Å². The number of aryl methyl sites for hydroxylation is 1. The quantitative estimate of drug-likeness (QED) is 0.782. The zero-order chi connectivity index (χ0) is 10.6. The van der Waals surface area contributed by atoms with Crippen LogP contribution in [0.25, 0.3) is 0 Å². The molecule has 1 aromatic carbocycles. The van der Waals surface area contributed by atoms with Crippen LogP contribution in [0.3, 0.4) is 0 Å². The molecule has 2 unspecified atom stereocenters. The molecule has 0 radical (unpaired) electrons. The highest BCUT2D eigenvalue weighted by atomic mass is 31.1. The van der Waals surface area contributed by atoms with Gasteiger partial charge in [-0.1, -0.05) is 29.8 Å². The minimum atomic E-state index is -2.02. The van der Waals surface area contributed by atoms with Crippen molar-refractivity contribution in [2.24, 2.45) is 0 Å². The van der Waals surface area contributed by atoms with Crippen LogP contribution in [-0.2, 0) is 9.09 Å². The summed E-state index contributed by atoms with van der Waals surface area (Å²) in [4.78, 5) is 0. The molecule has 0 bridgehead atoms. The Kier molecular flexibility index (Phi) is 4.21. The number of hydrogen-bond donors (Lipinski definition) is 1. The van der Waals surface area contributed by atoms with E-state index in [4.69, 9.17) is 4.52 Å². The van der Waals surface area contributed by atoms with E-state index < -0.39 is 13.9 Å². The van der Waals surface area contributed by atoms with E-state index in [9.17, 15) is 9.67 Å². The molecule has 1 aromatic rings. The highest BCUT2D eigenvalue weighted by Crippen LogP contribution is 2.39. The average Bonchev–Trinajstić information content (AvgIpc) is 2.18. The lowest BCUT2D eigenvalue weighted by Gasteiger charge is -1.99. The van der Waals surface area contributed by atoms with E-state index in [2.05, 4.69) is 0 Å². The molecule has 0 aliphatic rings. The predicted octanol–water partition coefficient (Wildman–Crippen LogP) is 2.76. The zero-order valence-corrected chi connectivity index (χ0v) is 9.20. The Hall–Kier alpha value is -0.760. The van der Waals surface area contributed by atoms with Crippen LogP contribution in [0.5, 0.6) is 0 Å².